The molecule has 2 aromatic heterocycles. The number of hydrogen-bond acceptors (Lipinski definition) is 8. The Labute approximate surface area is 155 Å². The third-order valence-corrected chi connectivity index (χ3v) is 3.88. The molecule has 0 saturated carbocycles. The Morgan fingerprint density at radius 2 is 2.23 bits per heavy atom. The van der Waals surface area contributed by atoms with Gasteiger partial charge < -0.3 is 14.8 Å². The third kappa shape index (κ3) is 5.12. The van der Waals surface area contributed by atoms with Crippen LogP contribution in [0.25, 0.3) is 10.5 Å². The summed E-state index contributed by atoms with van der Waals surface area (Å²) in [5, 5.41) is 6.10. The summed E-state index contributed by atoms with van der Waals surface area (Å²) in [6.45, 7) is 6.04. The van der Waals surface area contributed by atoms with Gasteiger partial charge in [0.25, 0.3) is 0 Å². The molecule has 0 atom stereocenters. The van der Waals surface area contributed by atoms with Crippen molar-refractivity contribution in [2.24, 2.45) is 0 Å². The Balaban J connectivity index is 2.08. The lowest BCUT2D eigenvalue weighted by molar-refractivity contribution is 0.0532. The van der Waals surface area contributed by atoms with Crippen LogP contribution in [0.4, 0.5) is 4.79 Å². The van der Waals surface area contributed by atoms with Crippen molar-refractivity contribution < 1.29 is 20.5 Å². The van der Waals surface area contributed by atoms with E-state index >= 15 is 0 Å². The maximum atomic E-state index is 11.6. The molecule has 2 heterocycles. The molecule has 0 aliphatic carbocycles. The van der Waals surface area contributed by atoms with Gasteiger partial charge in [0.2, 0.25) is 0 Å². The minimum Gasteiger partial charge on any atom is -0.464 e. The van der Waals surface area contributed by atoms with Gasteiger partial charge in [-0.05, 0) is 20.8 Å². The average molecular weight is 379 g/mol. The number of esters is 1. The van der Waals surface area contributed by atoms with E-state index in [1.54, 1.807) is 37.5 Å². The summed E-state index contributed by atoms with van der Waals surface area (Å²) in [5.74, 6) is -0.582. The second-order valence-corrected chi connectivity index (χ2v) is 7.18. The van der Waals surface area contributed by atoms with Gasteiger partial charge >= 0.3 is 12.1 Å². The number of alkyl carbamates (subject to hydrolysis) is 1. The number of hydrogen-bond donors (Lipinski definition) is 2. The van der Waals surface area contributed by atoms with E-state index in [1.165, 1.54) is 13.3 Å². The van der Waals surface area contributed by atoms with E-state index in [-0.39, 0.29) is 5.69 Å². The first-order valence-corrected chi connectivity index (χ1v) is 8.61. The number of carbonyl (C=O) groups excluding carboxylic acids is 2. The summed E-state index contributed by atoms with van der Waals surface area (Å²) in [4.78, 5) is 32.4. The molecule has 2 N–H and O–H groups in total. The van der Waals surface area contributed by atoms with E-state index in [0.29, 0.717) is 28.4 Å². The summed E-state index contributed by atoms with van der Waals surface area (Å²) in [6, 6.07) is 0. The number of fused-ring (bicyclic) bond motifs is 1. The number of methoxy groups -OCH3 is 1. The number of thiazole rings is 1. The molecule has 0 fully saturated rings. The van der Waals surface area contributed by atoms with Crippen molar-refractivity contribution in [3.05, 3.63) is 28.8 Å². The number of aromatic nitrogens is 3. The third-order valence-electron chi connectivity index (χ3n) is 3.01. The monoisotopic (exact) mass is 379 g/mol. The molecule has 0 aliphatic rings. The second-order valence-electron chi connectivity index (χ2n) is 6.23. The van der Waals surface area contributed by atoms with Crippen LogP contribution in [0.1, 0.15) is 31.3 Å². The molecule has 140 valence electrons. The van der Waals surface area contributed by atoms with Crippen molar-refractivity contribution >= 4 is 33.9 Å². The lowest BCUT2D eigenvalue weighted by Crippen LogP contribution is -2.32. The molecule has 2 aromatic rings. The summed E-state index contributed by atoms with van der Waals surface area (Å²) >= 11 is 1.14. The summed E-state index contributed by atoms with van der Waals surface area (Å²) in [6.07, 6.45) is 4.38. The van der Waals surface area contributed by atoms with E-state index in [9.17, 15) is 9.59 Å². The molecule has 0 bridgehead atoms. The zero-order valence-electron chi connectivity index (χ0n) is 16.0. The van der Waals surface area contributed by atoms with Crippen molar-refractivity contribution in [1.29, 1.82) is 5.40 Å². The summed E-state index contributed by atoms with van der Waals surface area (Å²) < 4.78 is 18.8. The number of rotatable bonds is 5. The number of carbonyl (C=O) groups is 2. The van der Waals surface area contributed by atoms with Gasteiger partial charge in [0.1, 0.15) is 5.60 Å². The number of allylic oxidation sites excluding steroid dienone is 1. The number of nitrogens with one attached hydrogen (secondary N) is 2. The van der Waals surface area contributed by atoms with Crippen LogP contribution in [-0.2, 0) is 16.0 Å². The van der Waals surface area contributed by atoms with Crippen LogP contribution in [0.3, 0.4) is 0 Å². The number of ether oxygens (including phenoxy) is 2. The van der Waals surface area contributed by atoms with Crippen molar-refractivity contribution in [1.82, 2.24) is 19.9 Å². The molecule has 0 aromatic carbocycles. The largest absolute Gasteiger partial charge is 0.464 e. The second kappa shape index (κ2) is 8.09. The molecule has 0 radical (unpaired) electrons. The van der Waals surface area contributed by atoms with Gasteiger partial charge in [-0.3, -0.25) is 9.97 Å². The van der Waals surface area contributed by atoms with Crippen LogP contribution < -0.4 is 10.1 Å². The normalized spacial score (nSPS) is 13.1. The van der Waals surface area contributed by atoms with Gasteiger partial charge in [0.05, 0.1) is 13.3 Å². The molecule has 0 saturated heterocycles. The fraction of sp³-hybridized carbons (Fsp3) is 0.438. The first kappa shape index (κ1) is 18.1. The average Bonchev–Trinajstić information content (AvgIpc) is 2.96. The fourth-order valence-corrected chi connectivity index (χ4v) is 2.78. The molecule has 1 amide bonds. The zero-order chi connectivity index (χ0) is 20.0. The zero-order valence-corrected chi connectivity index (χ0v) is 15.8. The van der Waals surface area contributed by atoms with E-state index in [0.717, 1.165) is 11.3 Å². The highest BCUT2D eigenvalue weighted by Gasteiger charge is 2.15. The minimum absolute atomic E-state index is 0.0898. The van der Waals surface area contributed by atoms with Gasteiger partial charge in [-0.25, -0.2) is 19.6 Å². The fourth-order valence-electron chi connectivity index (χ4n) is 1.94. The quantitative estimate of drug-likeness (QED) is 0.604. The van der Waals surface area contributed by atoms with Crippen LogP contribution in [0.15, 0.2) is 18.3 Å². The molecule has 0 unspecified atom stereocenters. The van der Waals surface area contributed by atoms with Crippen LogP contribution in [0, 0.1) is 5.40 Å². The van der Waals surface area contributed by atoms with Gasteiger partial charge in [0, 0.05) is 13.1 Å². The molecular formula is C16H21N5O4S. The maximum Gasteiger partial charge on any atom is 0.407 e. The Bertz CT molecular complexity index is 929. The van der Waals surface area contributed by atoms with E-state index in [1.807, 2.05) is 0 Å². The molecule has 26 heavy (non-hydrogen) atoms. The maximum absolute atomic E-state index is 11.6. The van der Waals surface area contributed by atoms with Crippen molar-refractivity contribution in [2.45, 2.75) is 32.9 Å². The van der Waals surface area contributed by atoms with Gasteiger partial charge in [-0.2, -0.15) is 0 Å². The summed E-state index contributed by atoms with van der Waals surface area (Å²) in [5.41, 5.74) is 0.0429. The molecule has 9 nitrogen and oxygen atoms in total. The smallest absolute Gasteiger partial charge is 0.407 e. The highest BCUT2D eigenvalue weighted by molar-refractivity contribution is 7.15. The Hall–Kier alpha value is -2.75. The first-order valence-electron chi connectivity index (χ1n) is 8.24. The van der Waals surface area contributed by atoms with Crippen LogP contribution >= 0.6 is 11.3 Å². The van der Waals surface area contributed by atoms with Gasteiger partial charge in [-0.1, -0.05) is 23.5 Å². The predicted molar refractivity (Wildman–Crippen MR) is 96.0 cm³/mol. The predicted octanol–water partition coefficient (Wildman–Crippen LogP) is 1.84. The first-order chi connectivity index (χ1) is 12.7. The van der Waals surface area contributed by atoms with Crippen LogP contribution in [-0.4, -0.2) is 45.9 Å². The Morgan fingerprint density at radius 3 is 2.88 bits per heavy atom. The van der Waals surface area contributed by atoms with Gasteiger partial charge in [-0.15, -0.1) is 0 Å². The van der Waals surface area contributed by atoms with Crippen molar-refractivity contribution in [3.8, 4) is 0 Å². The Kier molecular flexibility index (Phi) is 5.61. The molecule has 10 heteroatoms. The lowest BCUT2D eigenvalue weighted by Gasteiger charge is -2.19. The van der Waals surface area contributed by atoms with Gasteiger partial charge in [0.15, 0.2) is 22.4 Å². The van der Waals surface area contributed by atoms with E-state index < -0.39 is 17.7 Å². The minimum atomic E-state index is -0.582. The number of amides is 1. The number of nitrogens with zero attached hydrogens (tertiary/aromatic N) is 3. The Morgan fingerprint density at radius 1 is 1.46 bits per heavy atom. The molecule has 2 rings (SSSR count). The summed E-state index contributed by atoms with van der Waals surface area (Å²) in [7, 11) is 1.27. The SMILES string of the molecule is [H]/N=c1/sc2nc(C(=O)OC)cnc2n1CC=CCNC(=O)OC(C)(C)C. The van der Waals surface area contributed by atoms with Crippen molar-refractivity contribution in [2.75, 3.05) is 13.7 Å². The van der Waals surface area contributed by atoms with E-state index in [4.69, 9.17) is 6.15 Å². The topological polar surface area (TPSA) is 119 Å². The van der Waals surface area contributed by atoms with E-state index in [2.05, 4.69) is 25.4 Å². The molecular weight excluding hydrogens is 358 g/mol. The lowest BCUT2D eigenvalue weighted by atomic mass is 10.2. The van der Waals surface area contributed by atoms with Crippen LogP contribution in [0.2, 0.25) is 1.41 Å². The molecule has 0 spiro atoms. The standard InChI is InChI=1S/C16H21N5O4S/c1-16(2,3)25-15(23)18-7-5-6-8-21-11-12(26-14(21)17)20-10(9-19-11)13(22)24-4/h5-6,9,17H,7-8H2,1-4H3,(H,18,23)/b6-5?,17-14+. The highest BCUT2D eigenvalue weighted by atomic mass is 32.1. The van der Waals surface area contributed by atoms with Crippen molar-refractivity contribution in [3.63, 3.8) is 0 Å². The highest BCUT2D eigenvalue weighted by Crippen LogP contribution is 2.13. The van der Waals surface area contributed by atoms with Crippen LogP contribution in [0.5, 0.6) is 0 Å². The molecule has 0 aliphatic heterocycles.